The van der Waals surface area contributed by atoms with E-state index in [2.05, 4.69) is 18.8 Å². The number of ketones is 1. The van der Waals surface area contributed by atoms with Crippen LogP contribution in [-0.2, 0) is 4.79 Å². The molecule has 0 rings (SSSR count). The Labute approximate surface area is 56.0 Å². The summed E-state index contributed by atoms with van der Waals surface area (Å²) in [4.78, 5) is 14.2. The molecule has 0 fully saturated rings. The van der Waals surface area contributed by atoms with Crippen LogP contribution in [-0.4, -0.2) is 18.5 Å². The lowest BCUT2D eigenvalue weighted by atomic mass is 10.2. The van der Waals surface area contributed by atoms with Gasteiger partial charge in [-0.3, -0.25) is 9.79 Å². The van der Waals surface area contributed by atoms with Gasteiger partial charge in [-0.1, -0.05) is 13.8 Å². The van der Waals surface area contributed by atoms with Crippen LogP contribution in [0.4, 0.5) is 0 Å². The van der Waals surface area contributed by atoms with Gasteiger partial charge in [0.15, 0.2) is 5.78 Å². The van der Waals surface area contributed by atoms with Crippen LogP contribution in [0, 0.1) is 5.92 Å². The fourth-order valence-electron chi connectivity index (χ4n) is 0.392. The Morgan fingerprint density at radius 3 is 2.56 bits per heavy atom. The first-order chi connectivity index (χ1) is 4.13. The molecule has 9 heavy (non-hydrogen) atoms. The summed E-state index contributed by atoms with van der Waals surface area (Å²) in [5.74, 6) is 0.566. The summed E-state index contributed by atoms with van der Waals surface area (Å²) in [5, 5.41) is 0. The van der Waals surface area contributed by atoms with E-state index in [0.29, 0.717) is 5.92 Å². The summed E-state index contributed by atoms with van der Waals surface area (Å²) in [5.41, 5.74) is 0. The van der Waals surface area contributed by atoms with Gasteiger partial charge in [-0.05, 0) is 5.92 Å². The minimum absolute atomic E-state index is 0.0238. The summed E-state index contributed by atoms with van der Waals surface area (Å²) in [6.45, 7) is 6.39. The standard InChI is InChI=1S/C7H13NO/c1-6(2)4-8-5-7(3)9/h5-6H,4H2,1-3H3. The van der Waals surface area contributed by atoms with Gasteiger partial charge in [-0.2, -0.15) is 0 Å². The summed E-state index contributed by atoms with van der Waals surface area (Å²) in [7, 11) is 0. The van der Waals surface area contributed by atoms with Crippen LogP contribution in [0.5, 0.6) is 0 Å². The van der Waals surface area contributed by atoms with Gasteiger partial charge < -0.3 is 0 Å². The number of carbonyl (C=O) groups excluding carboxylic acids is 1. The monoisotopic (exact) mass is 127 g/mol. The molecule has 0 bridgehead atoms. The second kappa shape index (κ2) is 4.24. The van der Waals surface area contributed by atoms with Crippen LogP contribution >= 0.6 is 0 Å². The first-order valence-corrected chi connectivity index (χ1v) is 3.13. The van der Waals surface area contributed by atoms with Crippen molar-refractivity contribution in [3.05, 3.63) is 0 Å². The van der Waals surface area contributed by atoms with Gasteiger partial charge in [0.2, 0.25) is 0 Å². The van der Waals surface area contributed by atoms with Crippen molar-refractivity contribution in [3.8, 4) is 0 Å². The van der Waals surface area contributed by atoms with E-state index in [4.69, 9.17) is 0 Å². The van der Waals surface area contributed by atoms with E-state index in [9.17, 15) is 4.79 Å². The lowest BCUT2D eigenvalue weighted by molar-refractivity contribution is -0.110. The van der Waals surface area contributed by atoms with Crippen molar-refractivity contribution in [3.63, 3.8) is 0 Å². The van der Waals surface area contributed by atoms with E-state index in [1.54, 1.807) is 0 Å². The zero-order valence-corrected chi connectivity index (χ0v) is 6.22. The molecular weight excluding hydrogens is 114 g/mol. The number of Topliss-reactive ketones (excluding diaryl/α,β-unsaturated/α-hetero) is 1. The Bertz CT molecular complexity index is 116. The lowest BCUT2D eigenvalue weighted by Gasteiger charge is -1.94. The van der Waals surface area contributed by atoms with E-state index in [0.717, 1.165) is 6.54 Å². The molecular formula is C7H13NO. The van der Waals surface area contributed by atoms with Crippen molar-refractivity contribution in [2.24, 2.45) is 10.9 Å². The van der Waals surface area contributed by atoms with Gasteiger partial charge in [0.05, 0.1) is 6.21 Å². The predicted octanol–water partition coefficient (Wildman–Crippen LogP) is 1.30. The van der Waals surface area contributed by atoms with E-state index in [1.807, 2.05) is 0 Å². The Hall–Kier alpha value is -0.660. The molecule has 0 unspecified atom stereocenters. The highest BCUT2D eigenvalue weighted by molar-refractivity contribution is 6.26. The maximum atomic E-state index is 10.3. The van der Waals surface area contributed by atoms with Crippen molar-refractivity contribution >= 4 is 12.0 Å². The Morgan fingerprint density at radius 2 is 2.22 bits per heavy atom. The van der Waals surface area contributed by atoms with Gasteiger partial charge in [0.1, 0.15) is 0 Å². The second-order valence-electron chi connectivity index (χ2n) is 2.50. The molecule has 0 saturated heterocycles. The molecule has 52 valence electrons. The molecule has 0 saturated carbocycles. The molecule has 0 aliphatic rings. The number of rotatable bonds is 3. The second-order valence-corrected chi connectivity index (χ2v) is 2.50. The molecule has 0 aliphatic heterocycles. The van der Waals surface area contributed by atoms with E-state index < -0.39 is 0 Å². The number of hydrogen-bond acceptors (Lipinski definition) is 2. The molecule has 0 aromatic carbocycles. The van der Waals surface area contributed by atoms with Crippen molar-refractivity contribution < 1.29 is 4.79 Å². The van der Waals surface area contributed by atoms with Crippen LogP contribution in [0.2, 0.25) is 0 Å². The van der Waals surface area contributed by atoms with Crippen LogP contribution in [0.15, 0.2) is 4.99 Å². The fourth-order valence-corrected chi connectivity index (χ4v) is 0.392. The normalized spacial score (nSPS) is 11.1. The molecule has 0 spiro atoms. The lowest BCUT2D eigenvalue weighted by Crippen LogP contribution is -1.96. The van der Waals surface area contributed by atoms with Gasteiger partial charge in [-0.15, -0.1) is 0 Å². The largest absolute Gasteiger partial charge is 0.293 e. The van der Waals surface area contributed by atoms with Gasteiger partial charge in [0, 0.05) is 13.5 Å². The third-order valence-electron chi connectivity index (χ3n) is 0.744. The number of hydrogen-bond donors (Lipinski definition) is 0. The smallest absolute Gasteiger partial charge is 0.170 e. The third-order valence-corrected chi connectivity index (χ3v) is 0.744. The molecule has 0 aromatic heterocycles. The summed E-state index contributed by atoms with van der Waals surface area (Å²) in [6, 6.07) is 0. The molecule has 0 atom stereocenters. The average Bonchev–Trinajstić information content (AvgIpc) is 1.63. The van der Waals surface area contributed by atoms with Crippen molar-refractivity contribution in [2.75, 3.05) is 6.54 Å². The first-order valence-electron chi connectivity index (χ1n) is 3.13. The quantitative estimate of drug-likeness (QED) is 0.525. The van der Waals surface area contributed by atoms with Crippen molar-refractivity contribution in [1.29, 1.82) is 0 Å². The summed E-state index contributed by atoms with van der Waals surface area (Å²) in [6.07, 6.45) is 1.38. The molecule has 0 radical (unpaired) electrons. The zero-order chi connectivity index (χ0) is 7.28. The van der Waals surface area contributed by atoms with E-state index in [1.165, 1.54) is 13.1 Å². The van der Waals surface area contributed by atoms with Gasteiger partial charge in [-0.25, -0.2) is 0 Å². The highest BCUT2D eigenvalue weighted by Crippen LogP contribution is 1.89. The molecule has 0 heterocycles. The van der Waals surface area contributed by atoms with Crippen LogP contribution in [0.3, 0.4) is 0 Å². The molecule has 0 N–H and O–H groups in total. The molecule has 0 amide bonds. The van der Waals surface area contributed by atoms with Crippen molar-refractivity contribution in [1.82, 2.24) is 0 Å². The third kappa shape index (κ3) is 7.34. The minimum Gasteiger partial charge on any atom is -0.293 e. The number of nitrogens with zero attached hydrogens (tertiary/aromatic N) is 1. The maximum absolute atomic E-state index is 10.3. The van der Waals surface area contributed by atoms with E-state index >= 15 is 0 Å². The SMILES string of the molecule is CC(=O)C=NCC(C)C. The zero-order valence-electron chi connectivity index (χ0n) is 6.22. The highest BCUT2D eigenvalue weighted by Gasteiger charge is 1.88. The first kappa shape index (κ1) is 8.34. The van der Waals surface area contributed by atoms with Crippen LogP contribution in [0.1, 0.15) is 20.8 Å². The highest BCUT2D eigenvalue weighted by atomic mass is 16.1. The Morgan fingerprint density at radius 1 is 1.67 bits per heavy atom. The molecule has 0 aliphatic carbocycles. The van der Waals surface area contributed by atoms with Crippen molar-refractivity contribution in [2.45, 2.75) is 20.8 Å². The number of carbonyl (C=O) groups is 1. The van der Waals surface area contributed by atoms with E-state index in [-0.39, 0.29) is 5.78 Å². The van der Waals surface area contributed by atoms with Gasteiger partial charge >= 0.3 is 0 Å². The molecule has 0 aromatic rings. The van der Waals surface area contributed by atoms with Gasteiger partial charge in [0.25, 0.3) is 0 Å². The van der Waals surface area contributed by atoms with Crippen LogP contribution < -0.4 is 0 Å². The summed E-state index contributed by atoms with van der Waals surface area (Å²) < 4.78 is 0. The fraction of sp³-hybridized carbons (Fsp3) is 0.714. The predicted molar refractivity (Wildman–Crippen MR) is 38.9 cm³/mol. The number of aliphatic imine (C=N–C) groups is 1. The average molecular weight is 127 g/mol. The Kier molecular flexibility index (Phi) is 3.93. The maximum Gasteiger partial charge on any atom is 0.170 e. The molecule has 2 nitrogen and oxygen atoms in total. The van der Waals surface area contributed by atoms with Crippen LogP contribution in [0.25, 0.3) is 0 Å². The Balaban J connectivity index is 3.36. The molecule has 2 heteroatoms. The minimum atomic E-state index is 0.0238. The topological polar surface area (TPSA) is 29.4 Å². The summed E-state index contributed by atoms with van der Waals surface area (Å²) >= 11 is 0.